The molecule has 3 heterocycles. The first-order chi connectivity index (χ1) is 16.5. The Labute approximate surface area is 204 Å². The van der Waals surface area contributed by atoms with Gasteiger partial charge in [0.25, 0.3) is 5.91 Å². The summed E-state index contributed by atoms with van der Waals surface area (Å²) in [6.07, 6.45) is 3.27. The number of fused-ring (bicyclic) bond motifs is 1. The molecule has 0 bridgehead atoms. The molecule has 0 saturated heterocycles. The van der Waals surface area contributed by atoms with Crippen LogP contribution in [-0.4, -0.2) is 32.8 Å². The second kappa shape index (κ2) is 9.11. The van der Waals surface area contributed by atoms with Gasteiger partial charge in [-0.15, -0.1) is 5.10 Å². The lowest BCUT2D eigenvalue weighted by molar-refractivity contribution is -0.113. The summed E-state index contributed by atoms with van der Waals surface area (Å²) in [6, 6.07) is 18.5. The summed E-state index contributed by atoms with van der Waals surface area (Å²) < 4.78 is 7.96. The van der Waals surface area contributed by atoms with Crippen molar-refractivity contribution in [3.63, 3.8) is 0 Å². The smallest absolute Gasteiger partial charge is 0.255 e. The lowest BCUT2D eigenvalue weighted by Crippen LogP contribution is -2.31. The van der Waals surface area contributed by atoms with Crippen LogP contribution in [0, 0.1) is 0 Å². The predicted molar refractivity (Wildman–Crippen MR) is 133 cm³/mol. The van der Waals surface area contributed by atoms with Crippen molar-refractivity contribution in [3.05, 3.63) is 94.4 Å². The lowest BCUT2D eigenvalue weighted by Gasteiger charge is -2.28. The largest absolute Gasteiger partial charge is 0.497 e. The van der Waals surface area contributed by atoms with E-state index in [1.54, 1.807) is 36.3 Å². The molecule has 0 saturated carbocycles. The van der Waals surface area contributed by atoms with E-state index in [0.717, 1.165) is 21.3 Å². The topological polar surface area (TPSA) is 94.0 Å². The number of nitrogens with one attached hydrogen (secondary N) is 2. The van der Waals surface area contributed by atoms with E-state index in [1.807, 2.05) is 55.5 Å². The van der Waals surface area contributed by atoms with Gasteiger partial charge >= 0.3 is 0 Å². The van der Waals surface area contributed by atoms with Crippen LogP contribution < -0.4 is 15.4 Å². The summed E-state index contributed by atoms with van der Waals surface area (Å²) in [7, 11) is 1.63. The number of ether oxygens (including phenoxy) is 1. The fraction of sp³-hybridized carbons (Fsp3) is 0.120. The highest BCUT2D eigenvalue weighted by Gasteiger charge is 2.34. The van der Waals surface area contributed by atoms with Gasteiger partial charge in [-0.2, -0.15) is 4.98 Å². The minimum atomic E-state index is -0.472. The number of allylic oxidation sites excluding steroid dienone is 1. The molecule has 1 atom stereocenters. The van der Waals surface area contributed by atoms with Gasteiger partial charge in [-0.05, 0) is 61.0 Å². The third-order valence-electron chi connectivity index (χ3n) is 5.55. The van der Waals surface area contributed by atoms with Crippen LogP contribution in [0.5, 0.6) is 5.75 Å². The highest BCUT2D eigenvalue weighted by Crippen LogP contribution is 2.37. The summed E-state index contributed by atoms with van der Waals surface area (Å²) in [5.41, 5.74) is 3.62. The summed E-state index contributed by atoms with van der Waals surface area (Å²) in [5, 5.41) is 11.0. The van der Waals surface area contributed by atoms with Gasteiger partial charge in [0.05, 0.1) is 24.6 Å². The first-order valence-electron chi connectivity index (χ1n) is 10.6. The van der Waals surface area contributed by atoms with Crippen molar-refractivity contribution in [3.8, 4) is 17.1 Å². The number of benzene rings is 2. The molecule has 2 N–H and O–H groups in total. The number of carbonyl (C=O) groups excluding carboxylic acids is 1. The number of hydrogen-bond acceptors (Lipinski definition) is 6. The Morgan fingerprint density at radius 2 is 1.88 bits per heavy atom. The van der Waals surface area contributed by atoms with Crippen LogP contribution in [0.3, 0.4) is 0 Å². The van der Waals surface area contributed by atoms with E-state index in [1.165, 1.54) is 0 Å². The molecule has 9 heteroatoms. The molecule has 0 fully saturated rings. The number of nitrogens with zero attached hydrogens (tertiary/aromatic N) is 4. The third kappa shape index (κ3) is 4.17. The Balaban J connectivity index is 1.58. The quantitative estimate of drug-likeness (QED) is 0.386. The first-order valence-corrected chi connectivity index (χ1v) is 11.4. The standard InChI is InChI=1S/C25H21BrN6O2/c1-15-21(24(33)29-19-4-3-13-27-14-19)22(16-5-9-18(26)10-6-16)32-25(28-15)30-23(31-32)17-7-11-20(34-2)12-8-17/h3-14,22H,1-2H3,(H,29,33)(H,28,30,31). The first kappa shape index (κ1) is 21.8. The molecule has 1 aliphatic heterocycles. The van der Waals surface area contributed by atoms with Gasteiger partial charge < -0.3 is 15.4 Å². The molecule has 5 rings (SSSR count). The van der Waals surface area contributed by atoms with E-state index in [-0.39, 0.29) is 5.91 Å². The molecule has 4 aromatic rings. The predicted octanol–water partition coefficient (Wildman–Crippen LogP) is 5.04. The highest BCUT2D eigenvalue weighted by atomic mass is 79.9. The molecule has 0 radical (unpaired) electrons. The minimum Gasteiger partial charge on any atom is -0.497 e. The van der Waals surface area contributed by atoms with E-state index in [9.17, 15) is 4.79 Å². The van der Waals surface area contributed by atoms with Crippen molar-refractivity contribution in [2.45, 2.75) is 13.0 Å². The summed E-state index contributed by atoms with van der Waals surface area (Å²) in [5.74, 6) is 1.63. The molecule has 170 valence electrons. The number of halogens is 1. The molecular formula is C25H21BrN6O2. The molecule has 34 heavy (non-hydrogen) atoms. The summed E-state index contributed by atoms with van der Waals surface area (Å²) >= 11 is 3.49. The molecule has 0 aliphatic carbocycles. The SMILES string of the molecule is COc1ccc(-c2nc3n(n2)C(c2ccc(Br)cc2)C(C(=O)Nc2cccnc2)=C(C)N3)cc1. The van der Waals surface area contributed by atoms with Crippen LogP contribution in [0.15, 0.2) is 88.8 Å². The highest BCUT2D eigenvalue weighted by molar-refractivity contribution is 9.10. The van der Waals surface area contributed by atoms with Crippen LogP contribution in [0.25, 0.3) is 11.4 Å². The van der Waals surface area contributed by atoms with Crippen molar-refractivity contribution >= 4 is 33.5 Å². The average molecular weight is 517 g/mol. The van der Waals surface area contributed by atoms with Crippen LogP contribution in [-0.2, 0) is 4.79 Å². The molecule has 1 amide bonds. The van der Waals surface area contributed by atoms with Crippen LogP contribution in [0.1, 0.15) is 18.5 Å². The Bertz CT molecular complexity index is 1370. The maximum atomic E-state index is 13.5. The van der Waals surface area contributed by atoms with Gasteiger partial charge in [-0.1, -0.05) is 28.1 Å². The minimum absolute atomic E-state index is 0.238. The van der Waals surface area contributed by atoms with Gasteiger partial charge in [-0.3, -0.25) is 9.78 Å². The molecule has 1 unspecified atom stereocenters. The molecule has 2 aromatic carbocycles. The second-order valence-corrected chi connectivity index (χ2v) is 8.66. The zero-order valence-electron chi connectivity index (χ0n) is 18.5. The fourth-order valence-electron chi connectivity index (χ4n) is 3.90. The average Bonchev–Trinajstić information content (AvgIpc) is 3.28. The number of aromatic nitrogens is 4. The normalized spacial score (nSPS) is 14.9. The van der Waals surface area contributed by atoms with Gasteiger partial charge in [0, 0.05) is 21.9 Å². The molecule has 1 aliphatic rings. The van der Waals surface area contributed by atoms with Crippen molar-refractivity contribution in [2.75, 3.05) is 17.7 Å². The van der Waals surface area contributed by atoms with Crippen molar-refractivity contribution in [2.24, 2.45) is 0 Å². The third-order valence-corrected chi connectivity index (χ3v) is 6.08. The van der Waals surface area contributed by atoms with Crippen LogP contribution >= 0.6 is 15.9 Å². The lowest BCUT2D eigenvalue weighted by atomic mass is 9.95. The van der Waals surface area contributed by atoms with Crippen molar-refractivity contribution in [1.29, 1.82) is 0 Å². The number of pyridine rings is 1. The van der Waals surface area contributed by atoms with E-state index in [0.29, 0.717) is 28.7 Å². The Morgan fingerprint density at radius 3 is 2.56 bits per heavy atom. The van der Waals surface area contributed by atoms with Gasteiger partial charge in [0.2, 0.25) is 5.95 Å². The number of amides is 1. The number of anilines is 2. The monoisotopic (exact) mass is 516 g/mol. The van der Waals surface area contributed by atoms with E-state index >= 15 is 0 Å². The van der Waals surface area contributed by atoms with Crippen LogP contribution in [0.4, 0.5) is 11.6 Å². The Morgan fingerprint density at radius 1 is 1.12 bits per heavy atom. The van der Waals surface area contributed by atoms with Crippen molar-refractivity contribution in [1.82, 2.24) is 19.7 Å². The number of carbonyl (C=O) groups is 1. The Hall–Kier alpha value is -3.98. The zero-order chi connectivity index (χ0) is 23.7. The second-order valence-electron chi connectivity index (χ2n) is 7.75. The van der Waals surface area contributed by atoms with Gasteiger partial charge in [0.15, 0.2) is 5.82 Å². The van der Waals surface area contributed by atoms with E-state index in [4.69, 9.17) is 14.8 Å². The Kier molecular flexibility index (Phi) is 5.85. The van der Waals surface area contributed by atoms with Gasteiger partial charge in [-0.25, -0.2) is 4.68 Å². The van der Waals surface area contributed by atoms with E-state index in [2.05, 4.69) is 31.5 Å². The number of hydrogen-bond donors (Lipinski definition) is 2. The number of rotatable bonds is 5. The van der Waals surface area contributed by atoms with Crippen LogP contribution in [0.2, 0.25) is 0 Å². The van der Waals surface area contributed by atoms with E-state index < -0.39 is 6.04 Å². The molecular weight excluding hydrogens is 496 g/mol. The molecule has 8 nitrogen and oxygen atoms in total. The number of methoxy groups -OCH3 is 1. The maximum Gasteiger partial charge on any atom is 0.255 e. The fourth-order valence-corrected chi connectivity index (χ4v) is 4.16. The molecule has 2 aromatic heterocycles. The molecule has 0 spiro atoms. The van der Waals surface area contributed by atoms with Crippen molar-refractivity contribution < 1.29 is 9.53 Å². The maximum absolute atomic E-state index is 13.5. The zero-order valence-corrected chi connectivity index (χ0v) is 20.1. The van der Waals surface area contributed by atoms with Gasteiger partial charge in [0.1, 0.15) is 11.8 Å². The summed E-state index contributed by atoms with van der Waals surface area (Å²) in [6.45, 7) is 1.87. The summed E-state index contributed by atoms with van der Waals surface area (Å²) in [4.78, 5) is 22.3.